The molecule has 132 valence electrons. The van der Waals surface area contributed by atoms with Gasteiger partial charge in [-0.3, -0.25) is 9.59 Å². The van der Waals surface area contributed by atoms with E-state index < -0.39 is 0 Å². The van der Waals surface area contributed by atoms with E-state index >= 15 is 0 Å². The molecule has 2 rings (SSSR count). The van der Waals surface area contributed by atoms with Crippen LogP contribution in [0, 0.1) is 13.8 Å². The van der Waals surface area contributed by atoms with E-state index in [9.17, 15) is 14.4 Å². The van der Waals surface area contributed by atoms with Crippen LogP contribution in [0.4, 0.5) is 5.69 Å². The highest BCUT2D eigenvalue weighted by atomic mass is 16.5. The Morgan fingerprint density at radius 2 is 1.76 bits per heavy atom. The third-order valence-electron chi connectivity index (χ3n) is 3.83. The molecule has 0 aliphatic carbocycles. The number of amides is 1. The first kappa shape index (κ1) is 18.4. The van der Waals surface area contributed by atoms with Gasteiger partial charge < -0.3 is 15.0 Å². The molecular formula is C19H22N2O4. The van der Waals surface area contributed by atoms with Crippen LogP contribution in [-0.4, -0.2) is 29.3 Å². The van der Waals surface area contributed by atoms with Gasteiger partial charge in [-0.2, -0.15) is 0 Å². The number of rotatable bonds is 6. The minimum Gasteiger partial charge on any atom is -0.462 e. The number of anilines is 1. The quantitative estimate of drug-likeness (QED) is 0.619. The van der Waals surface area contributed by atoms with Crippen LogP contribution in [0.5, 0.6) is 0 Å². The molecule has 0 fully saturated rings. The zero-order chi connectivity index (χ0) is 18.6. The molecule has 0 bridgehead atoms. The Balaban J connectivity index is 2.12. The Morgan fingerprint density at radius 3 is 2.28 bits per heavy atom. The van der Waals surface area contributed by atoms with E-state index in [1.54, 1.807) is 38.1 Å². The molecule has 1 aromatic carbocycles. The van der Waals surface area contributed by atoms with Gasteiger partial charge in [-0.25, -0.2) is 4.79 Å². The van der Waals surface area contributed by atoms with E-state index in [0.717, 1.165) is 6.42 Å². The van der Waals surface area contributed by atoms with Crippen LogP contribution in [-0.2, 0) is 4.74 Å². The predicted octanol–water partition coefficient (Wildman–Crippen LogP) is 3.65. The molecule has 0 atom stereocenters. The maximum Gasteiger partial charge on any atom is 0.338 e. The van der Waals surface area contributed by atoms with E-state index in [1.807, 2.05) is 6.92 Å². The van der Waals surface area contributed by atoms with Crippen LogP contribution in [0.25, 0.3) is 0 Å². The van der Waals surface area contributed by atoms with Crippen molar-refractivity contribution in [3.8, 4) is 0 Å². The predicted molar refractivity (Wildman–Crippen MR) is 95.2 cm³/mol. The molecule has 1 aromatic heterocycles. The summed E-state index contributed by atoms with van der Waals surface area (Å²) in [5.41, 5.74) is 3.17. The summed E-state index contributed by atoms with van der Waals surface area (Å²) in [7, 11) is 0. The van der Waals surface area contributed by atoms with Crippen LogP contribution >= 0.6 is 0 Å². The normalized spacial score (nSPS) is 10.4. The van der Waals surface area contributed by atoms with Gasteiger partial charge in [0.05, 0.1) is 12.2 Å². The Morgan fingerprint density at radius 1 is 1.12 bits per heavy atom. The van der Waals surface area contributed by atoms with Crippen molar-refractivity contribution >= 4 is 23.3 Å². The van der Waals surface area contributed by atoms with Crippen LogP contribution in [0.3, 0.4) is 0 Å². The molecule has 1 heterocycles. The maximum atomic E-state index is 12.4. The fraction of sp³-hybridized carbons (Fsp3) is 0.316. The lowest BCUT2D eigenvalue weighted by atomic mass is 10.1. The van der Waals surface area contributed by atoms with E-state index in [0.29, 0.717) is 40.4 Å². The first-order valence-electron chi connectivity index (χ1n) is 8.13. The summed E-state index contributed by atoms with van der Waals surface area (Å²) in [5.74, 6) is -0.809. The van der Waals surface area contributed by atoms with Gasteiger partial charge >= 0.3 is 5.97 Å². The van der Waals surface area contributed by atoms with Crippen LogP contribution in [0.2, 0.25) is 0 Å². The van der Waals surface area contributed by atoms with Gasteiger partial charge in [0.2, 0.25) is 0 Å². The number of ketones is 1. The molecule has 25 heavy (non-hydrogen) atoms. The number of H-pyrrole nitrogens is 1. The maximum absolute atomic E-state index is 12.4. The lowest BCUT2D eigenvalue weighted by molar-refractivity contribution is 0.0505. The zero-order valence-electron chi connectivity index (χ0n) is 14.9. The third kappa shape index (κ3) is 4.15. The highest BCUT2D eigenvalue weighted by Crippen LogP contribution is 2.20. The summed E-state index contributed by atoms with van der Waals surface area (Å²) >= 11 is 0. The largest absolute Gasteiger partial charge is 0.462 e. The highest BCUT2D eigenvalue weighted by Gasteiger charge is 2.19. The lowest BCUT2D eigenvalue weighted by Crippen LogP contribution is -2.14. The van der Waals surface area contributed by atoms with Crippen molar-refractivity contribution in [2.45, 2.75) is 34.1 Å². The second kappa shape index (κ2) is 7.79. The second-order valence-corrected chi connectivity index (χ2v) is 5.85. The van der Waals surface area contributed by atoms with Crippen molar-refractivity contribution in [2.75, 3.05) is 11.9 Å². The summed E-state index contributed by atoms with van der Waals surface area (Å²) in [5, 5.41) is 2.75. The molecule has 2 aromatic rings. The van der Waals surface area contributed by atoms with Gasteiger partial charge in [0, 0.05) is 16.9 Å². The number of aryl methyl sites for hydroxylation is 1. The third-order valence-corrected chi connectivity index (χ3v) is 3.83. The van der Waals surface area contributed by atoms with Gasteiger partial charge in [-0.1, -0.05) is 6.92 Å². The topological polar surface area (TPSA) is 88.3 Å². The molecule has 0 saturated carbocycles. The molecule has 2 N–H and O–H groups in total. The molecule has 6 nitrogen and oxygen atoms in total. The smallest absolute Gasteiger partial charge is 0.338 e. The number of ether oxygens (including phenoxy) is 1. The highest BCUT2D eigenvalue weighted by molar-refractivity contribution is 6.07. The standard InChI is InChI=1S/C19H22N2O4/c1-5-10-25-19(24)14-6-8-15(9-7-14)21-18(23)17-11(2)16(13(4)22)12(3)20-17/h6-9,20H,5,10H2,1-4H3,(H,21,23). The number of carbonyl (C=O) groups excluding carboxylic acids is 3. The second-order valence-electron chi connectivity index (χ2n) is 5.85. The molecule has 0 aliphatic rings. The summed E-state index contributed by atoms with van der Waals surface area (Å²) in [6, 6.07) is 6.47. The average molecular weight is 342 g/mol. The average Bonchev–Trinajstić information content (AvgIpc) is 2.88. The van der Waals surface area contributed by atoms with Crippen molar-refractivity contribution in [1.29, 1.82) is 0 Å². The number of benzene rings is 1. The van der Waals surface area contributed by atoms with Gasteiger partial charge in [-0.05, 0) is 57.0 Å². The van der Waals surface area contributed by atoms with Gasteiger partial charge in [0.15, 0.2) is 5.78 Å². The monoisotopic (exact) mass is 342 g/mol. The summed E-state index contributed by atoms with van der Waals surface area (Å²) in [6.07, 6.45) is 0.761. The molecule has 6 heteroatoms. The van der Waals surface area contributed by atoms with Crippen molar-refractivity contribution in [3.63, 3.8) is 0 Å². The molecular weight excluding hydrogens is 320 g/mol. The minimum absolute atomic E-state index is 0.0831. The minimum atomic E-state index is -0.387. The number of hydrogen-bond acceptors (Lipinski definition) is 4. The van der Waals surface area contributed by atoms with Crippen molar-refractivity contribution in [1.82, 2.24) is 4.98 Å². The number of Topliss-reactive ketones (excluding diaryl/α,β-unsaturated/α-hetero) is 1. The zero-order valence-corrected chi connectivity index (χ0v) is 14.9. The first-order chi connectivity index (χ1) is 11.8. The van der Waals surface area contributed by atoms with Crippen molar-refractivity contribution in [2.24, 2.45) is 0 Å². The summed E-state index contributed by atoms with van der Waals surface area (Å²) in [6.45, 7) is 7.27. The number of esters is 1. The molecule has 1 amide bonds. The first-order valence-corrected chi connectivity index (χ1v) is 8.13. The Kier molecular flexibility index (Phi) is 5.75. The van der Waals surface area contributed by atoms with Gasteiger partial charge in [-0.15, -0.1) is 0 Å². The van der Waals surface area contributed by atoms with E-state index in [4.69, 9.17) is 4.74 Å². The molecule has 0 saturated heterocycles. The van der Waals surface area contributed by atoms with E-state index in [2.05, 4.69) is 10.3 Å². The number of aromatic nitrogens is 1. The molecule has 0 radical (unpaired) electrons. The van der Waals surface area contributed by atoms with Crippen molar-refractivity contribution < 1.29 is 19.1 Å². The SMILES string of the molecule is CCCOC(=O)c1ccc(NC(=O)c2[nH]c(C)c(C(C)=O)c2C)cc1. The summed E-state index contributed by atoms with van der Waals surface area (Å²) in [4.78, 5) is 38.8. The Labute approximate surface area is 146 Å². The number of aromatic amines is 1. The van der Waals surface area contributed by atoms with Crippen molar-refractivity contribution in [3.05, 3.63) is 52.3 Å². The number of hydrogen-bond donors (Lipinski definition) is 2. The molecule has 0 spiro atoms. The number of nitrogens with one attached hydrogen (secondary N) is 2. The van der Waals surface area contributed by atoms with Gasteiger partial charge in [0.25, 0.3) is 5.91 Å². The fourth-order valence-electron chi connectivity index (χ4n) is 2.67. The van der Waals surface area contributed by atoms with Crippen LogP contribution in [0.1, 0.15) is 62.7 Å². The Bertz CT molecular complexity index is 804. The van der Waals surface area contributed by atoms with Crippen LogP contribution < -0.4 is 5.32 Å². The van der Waals surface area contributed by atoms with E-state index in [-0.39, 0.29) is 17.7 Å². The number of carbonyl (C=O) groups is 3. The fourth-order valence-corrected chi connectivity index (χ4v) is 2.67. The molecule has 0 unspecified atom stereocenters. The van der Waals surface area contributed by atoms with Crippen LogP contribution in [0.15, 0.2) is 24.3 Å². The van der Waals surface area contributed by atoms with Gasteiger partial charge in [0.1, 0.15) is 5.69 Å². The lowest BCUT2D eigenvalue weighted by Gasteiger charge is -2.07. The summed E-state index contributed by atoms with van der Waals surface area (Å²) < 4.78 is 5.06. The van der Waals surface area contributed by atoms with E-state index in [1.165, 1.54) is 6.92 Å². The molecule has 0 aliphatic heterocycles. The Hall–Kier alpha value is -2.89.